The standard InChI is InChI=1S/C18H20ClN5O/c1-13-10-17(24-16(22-13)6-8-21-24)23-9-3-4-14(11-23)12-25-18-15(19)5-2-7-20-18/h2,5-8,10,14H,3-4,9,11-12H2,1H3. The van der Waals surface area contributed by atoms with E-state index >= 15 is 0 Å². The summed E-state index contributed by atoms with van der Waals surface area (Å²) in [4.78, 5) is 11.1. The summed E-state index contributed by atoms with van der Waals surface area (Å²) >= 11 is 6.12. The molecule has 1 aliphatic rings. The van der Waals surface area contributed by atoms with Crippen molar-refractivity contribution in [1.82, 2.24) is 19.6 Å². The molecule has 6 nitrogen and oxygen atoms in total. The molecule has 4 rings (SSSR count). The molecule has 0 spiro atoms. The molecule has 0 saturated carbocycles. The molecule has 0 radical (unpaired) electrons. The summed E-state index contributed by atoms with van der Waals surface area (Å²) in [6, 6.07) is 7.63. The SMILES string of the molecule is Cc1cc(N2CCCC(COc3ncccc3Cl)C2)n2nccc2n1. The first-order chi connectivity index (χ1) is 12.2. The Morgan fingerprint density at radius 1 is 1.32 bits per heavy atom. The van der Waals surface area contributed by atoms with Gasteiger partial charge in [-0.1, -0.05) is 11.6 Å². The minimum Gasteiger partial charge on any atom is -0.476 e. The normalized spacial score (nSPS) is 17.8. The molecule has 130 valence electrons. The molecule has 7 heteroatoms. The lowest BCUT2D eigenvalue weighted by molar-refractivity contribution is 0.221. The van der Waals surface area contributed by atoms with E-state index < -0.39 is 0 Å². The molecule has 1 fully saturated rings. The van der Waals surface area contributed by atoms with Gasteiger partial charge in [0, 0.05) is 43.0 Å². The summed E-state index contributed by atoms with van der Waals surface area (Å²) in [5.41, 5.74) is 1.88. The van der Waals surface area contributed by atoms with Crippen LogP contribution in [0.4, 0.5) is 5.82 Å². The summed E-state index contributed by atoms with van der Waals surface area (Å²) in [6.45, 7) is 4.56. The van der Waals surface area contributed by atoms with Gasteiger partial charge in [-0.25, -0.2) is 9.97 Å². The molecule has 1 atom stereocenters. The van der Waals surface area contributed by atoms with Crippen LogP contribution in [0.5, 0.6) is 5.88 Å². The highest BCUT2D eigenvalue weighted by atomic mass is 35.5. The molecule has 1 saturated heterocycles. The van der Waals surface area contributed by atoms with Crippen molar-refractivity contribution in [3.8, 4) is 5.88 Å². The number of hydrogen-bond acceptors (Lipinski definition) is 5. The van der Waals surface area contributed by atoms with E-state index in [0.29, 0.717) is 23.4 Å². The average Bonchev–Trinajstić information content (AvgIpc) is 3.09. The Hall–Kier alpha value is -2.34. The molecule has 3 aromatic heterocycles. The lowest BCUT2D eigenvalue weighted by Crippen LogP contribution is -2.39. The smallest absolute Gasteiger partial charge is 0.232 e. The minimum absolute atomic E-state index is 0.422. The monoisotopic (exact) mass is 357 g/mol. The molecule has 25 heavy (non-hydrogen) atoms. The van der Waals surface area contributed by atoms with Gasteiger partial charge >= 0.3 is 0 Å². The van der Waals surface area contributed by atoms with Crippen LogP contribution in [0.2, 0.25) is 5.02 Å². The van der Waals surface area contributed by atoms with E-state index in [2.05, 4.69) is 26.0 Å². The maximum Gasteiger partial charge on any atom is 0.232 e. The zero-order valence-electron chi connectivity index (χ0n) is 14.1. The van der Waals surface area contributed by atoms with Crippen LogP contribution in [0.25, 0.3) is 5.65 Å². The second kappa shape index (κ2) is 6.88. The van der Waals surface area contributed by atoms with Crippen LogP contribution in [-0.2, 0) is 0 Å². The van der Waals surface area contributed by atoms with E-state index in [9.17, 15) is 0 Å². The zero-order chi connectivity index (χ0) is 17.2. The fraction of sp³-hybridized carbons (Fsp3) is 0.389. The van der Waals surface area contributed by atoms with Crippen molar-refractivity contribution in [1.29, 1.82) is 0 Å². The maximum absolute atomic E-state index is 6.12. The zero-order valence-corrected chi connectivity index (χ0v) is 14.9. The van der Waals surface area contributed by atoms with Crippen molar-refractivity contribution >= 4 is 23.1 Å². The number of halogens is 1. The number of piperidine rings is 1. The van der Waals surface area contributed by atoms with Crippen LogP contribution in [0.1, 0.15) is 18.5 Å². The molecular weight excluding hydrogens is 338 g/mol. The van der Waals surface area contributed by atoms with Crippen LogP contribution in [0, 0.1) is 12.8 Å². The first-order valence-electron chi connectivity index (χ1n) is 8.50. The van der Waals surface area contributed by atoms with E-state index in [1.165, 1.54) is 0 Å². The van der Waals surface area contributed by atoms with Gasteiger partial charge in [-0.15, -0.1) is 0 Å². The second-order valence-electron chi connectivity index (χ2n) is 6.41. The third-order valence-corrected chi connectivity index (χ3v) is 4.78. The fourth-order valence-corrected chi connectivity index (χ4v) is 3.50. The Kier molecular flexibility index (Phi) is 4.44. The molecular formula is C18H20ClN5O. The van der Waals surface area contributed by atoms with Gasteiger partial charge in [0.05, 0.1) is 12.8 Å². The van der Waals surface area contributed by atoms with E-state index in [4.69, 9.17) is 16.3 Å². The highest BCUT2D eigenvalue weighted by Gasteiger charge is 2.23. The number of pyridine rings is 1. The molecule has 4 heterocycles. The Morgan fingerprint density at radius 2 is 2.24 bits per heavy atom. The van der Waals surface area contributed by atoms with Gasteiger partial charge < -0.3 is 9.64 Å². The van der Waals surface area contributed by atoms with E-state index in [1.54, 1.807) is 24.5 Å². The molecule has 0 aliphatic carbocycles. The van der Waals surface area contributed by atoms with Gasteiger partial charge in [0.25, 0.3) is 0 Å². The van der Waals surface area contributed by atoms with Crippen LogP contribution < -0.4 is 9.64 Å². The first-order valence-corrected chi connectivity index (χ1v) is 8.88. The van der Waals surface area contributed by atoms with Crippen molar-refractivity contribution in [3.63, 3.8) is 0 Å². The maximum atomic E-state index is 6.12. The topological polar surface area (TPSA) is 55.5 Å². The highest BCUT2D eigenvalue weighted by molar-refractivity contribution is 6.31. The Bertz CT molecular complexity index is 881. The number of ether oxygens (including phenoxy) is 1. The largest absolute Gasteiger partial charge is 0.476 e. The quantitative estimate of drug-likeness (QED) is 0.716. The summed E-state index contributed by atoms with van der Waals surface area (Å²) in [5.74, 6) is 2.02. The fourth-order valence-electron chi connectivity index (χ4n) is 3.33. The van der Waals surface area contributed by atoms with Crippen LogP contribution in [-0.4, -0.2) is 39.3 Å². The Balaban J connectivity index is 1.49. The van der Waals surface area contributed by atoms with Crippen molar-refractivity contribution in [2.75, 3.05) is 24.6 Å². The van der Waals surface area contributed by atoms with E-state index in [1.807, 2.05) is 17.5 Å². The predicted octanol–water partition coefficient (Wildman–Crippen LogP) is 3.38. The number of rotatable bonds is 4. The number of anilines is 1. The van der Waals surface area contributed by atoms with Gasteiger partial charge in [0.1, 0.15) is 10.8 Å². The number of nitrogens with zero attached hydrogens (tertiary/aromatic N) is 5. The highest BCUT2D eigenvalue weighted by Crippen LogP contribution is 2.26. The second-order valence-corrected chi connectivity index (χ2v) is 6.82. The summed E-state index contributed by atoms with van der Waals surface area (Å²) < 4.78 is 7.76. The molecule has 0 bridgehead atoms. The molecule has 0 aromatic carbocycles. The lowest BCUT2D eigenvalue weighted by Gasteiger charge is -2.34. The van der Waals surface area contributed by atoms with Gasteiger partial charge in [0.15, 0.2) is 5.65 Å². The third-order valence-electron chi connectivity index (χ3n) is 4.49. The lowest BCUT2D eigenvalue weighted by atomic mass is 9.99. The minimum atomic E-state index is 0.422. The molecule has 1 aliphatic heterocycles. The summed E-state index contributed by atoms with van der Waals surface area (Å²) in [6.07, 6.45) is 5.74. The number of aryl methyl sites for hydroxylation is 1. The van der Waals surface area contributed by atoms with Crippen molar-refractivity contribution < 1.29 is 4.74 Å². The third kappa shape index (κ3) is 3.39. The van der Waals surface area contributed by atoms with E-state index in [-0.39, 0.29) is 0 Å². The molecule has 0 N–H and O–H groups in total. The number of hydrogen-bond donors (Lipinski definition) is 0. The molecule has 3 aromatic rings. The van der Waals surface area contributed by atoms with Gasteiger partial charge in [-0.3, -0.25) is 0 Å². The first kappa shape index (κ1) is 16.1. The number of fused-ring (bicyclic) bond motifs is 1. The summed E-state index contributed by atoms with van der Waals surface area (Å²) in [7, 11) is 0. The van der Waals surface area contributed by atoms with E-state index in [0.717, 1.165) is 43.1 Å². The van der Waals surface area contributed by atoms with Crippen LogP contribution in [0.3, 0.4) is 0 Å². The van der Waals surface area contributed by atoms with Crippen molar-refractivity contribution in [2.24, 2.45) is 5.92 Å². The summed E-state index contributed by atoms with van der Waals surface area (Å²) in [5, 5.41) is 4.97. The van der Waals surface area contributed by atoms with Crippen LogP contribution >= 0.6 is 11.6 Å². The van der Waals surface area contributed by atoms with Crippen molar-refractivity contribution in [3.05, 3.63) is 47.4 Å². The molecule has 0 amide bonds. The number of aromatic nitrogens is 4. The van der Waals surface area contributed by atoms with Crippen molar-refractivity contribution in [2.45, 2.75) is 19.8 Å². The molecule has 1 unspecified atom stereocenters. The van der Waals surface area contributed by atoms with Gasteiger partial charge in [0.2, 0.25) is 5.88 Å². The average molecular weight is 358 g/mol. The van der Waals surface area contributed by atoms with Gasteiger partial charge in [-0.2, -0.15) is 9.61 Å². The van der Waals surface area contributed by atoms with Crippen LogP contribution in [0.15, 0.2) is 36.7 Å². The Morgan fingerprint density at radius 3 is 3.12 bits per heavy atom. The van der Waals surface area contributed by atoms with Gasteiger partial charge in [-0.05, 0) is 31.9 Å². The Labute approximate surface area is 151 Å². The predicted molar refractivity (Wildman–Crippen MR) is 97.4 cm³/mol.